The standard InChI is InChI=1S/C15H11ClFN3O4/c16-12-7-11(5-6-13(12)17)19-15(21)9-24-18-8-10-3-1-2-4-14(10)20(22)23/h1-8H,9H2,(H,19,21)/b18-8+. The summed E-state index contributed by atoms with van der Waals surface area (Å²) >= 11 is 5.60. The van der Waals surface area contributed by atoms with Gasteiger partial charge < -0.3 is 10.2 Å². The number of anilines is 1. The lowest BCUT2D eigenvalue weighted by Crippen LogP contribution is -2.17. The van der Waals surface area contributed by atoms with E-state index in [9.17, 15) is 19.3 Å². The molecule has 2 aromatic rings. The fraction of sp³-hybridized carbons (Fsp3) is 0.0667. The summed E-state index contributed by atoms with van der Waals surface area (Å²) in [5.41, 5.74) is 0.418. The maximum absolute atomic E-state index is 13.0. The topological polar surface area (TPSA) is 93.8 Å². The predicted molar refractivity (Wildman–Crippen MR) is 86.7 cm³/mol. The van der Waals surface area contributed by atoms with Gasteiger partial charge in [-0.25, -0.2) is 4.39 Å². The summed E-state index contributed by atoms with van der Waals surface area (Å²) in [6, 6.07) is 9.67. The van der Waals surface area contributed by atoms with Gasteiger partial charge in [-0.15, -0.1) is 0 Å². The molecule has 24 heavy (non-hydrogen) atoms. The average molecular weight is 352 g/mol. The zero-order chi connectivity index (χ0) is 17.5. The highest BCUT2D eigenvalue weighted by atomic mass is 35.5. The number of rotatable bonds is 6. The Balaban J connectivity index is 1.88. The van der Waals surface area contributed by atoms with Gasteiger partial charge in [0.05, 0.1) is 21.7 Å². The van der Waals surface area contributed by atoms with Gasteiger partial charge in [0.1, 0.15) is 5.82 Å². The van der Waals surface area contributed by atoms with E-state index in [0.29, 0.717) is 5.69 Å². The summed E-state index contributed by atoms with van der Waals surface area (Å²) in [6.07, 6.45) is 1.14. The number of benzene rings is 2. The van der Waals surface area contributed by atoms with E-state index in [1.165, 1.54) is 30.3 Å². The monoisotopic (exact) mass is 351 g/mol. The van der Waals surface area contributed by atoms with E-state index >= 15 is 0 Å². The molecule has 1 N–H and O–H groups in total. The molecule has 0 fully saturated rings. The van der Waals surface area contributed by atoms with Crippen molar-refractivity contribution < 1.29 is 18.9 Å². The van der Waals surface area contributed by atoms with Gasteiger partial charge in [0.15, 0.2) is 6.61 Å². The van der Waals surface area contributed by atoms with Crippen molar-refractivity contribution in [2.75, 3.05) is 11.9 Å². The van der Waals surface area contributed by atoms with Crippen LogP contribution in [0.2, 0.25) is 5.02 Å². The van der Waals surface area contributed by atoms with Crippen LogP contribution in [0.5, 0.6) is 0 Å². The Labute approximate surface area is 140 Å². The first-order valence-corrected chi connectivity index (χ1v) is 6.99. The number of amides is 1. The van der Waals surface area contributed by atoms with E-state index in [1.54, 1.807) is 6.07 Å². The SMILES string of the molecule is O=C(CO/N=C/c1ccccc1[N+](=O)[O-])Nc1ccc(F)c(Cl)c1. The molecular formula is C15H11ClFN3O4. The van der Waals surface area contributed by atoms with Crippen LogP contribution in [0.4, 0.5) is 15.8 Å². The van der Waals surface area contributed by atoms with Crippen LogP contribution in [0.25, 0.3) is 0 Å². The zero-order valence-electron chi connectivity index (χ0n) is 12.1. The number of nitro benzene ring substituents is 1. The number of carbonyl (C=O) groups is 1. The van der Waals surface area contributed by atoms with Crippen LogP contribution in [-0.4, -0.2) is 23.7 Å². The van der Waals surface area contributed by atoms with Crippen molar-refractivity contribution in [2.24, 2.45) is 5.16 Å². The fourth-order valence-corrected chi connectivity index (χ4v) is 1.90. The maximum Gasteiger partial charge on any atom is 0.278 e. The van der Waals surface area contributed by atoms with E-state index in [1.807, 2.05) is 0 Å². The lowest BCUT2D eigenvalue weighted by molar-refractivity contribution is -0.385. The number of nitrogens with zero attached hydrogens (tertiary/aromatic N) is 2. The molecule has 0 radical (unpaired) electrons. The molecule has 7 nitrogen and oxygen atoms in total. The summed E-state index contributed by atoms with van der Waals surface area (Å²) in [6.45, 7) is -0.424. The largest absolute Gasteiger partial charge is 0.386 e. The molecule has 0 aliphatic heterocycles. The minimum atomic E-state index is -0.597. The van der Waals surface area contributed by atoms with Crippen molar-refractivity contribution in [3.05, 3.63) is 69.0 Å². The quantitative estimate of drug-likeness (QED) is 0.490. The molecule has 9 heteroatoms. The Morgan fingerprint density at radius 2 is 2.12 bits per heavy atom. The van der Waals surface area contributed by atoms with Crippen molar-refractivity contribution >= 4 is 35.1 Å². The van der Waals surface area contributed by atoms with Gasteiger partial charge in [-0.2, -0.15) is 0 Å². The minimum Gasteiger partial charge on any atom is -0.386 e. The van der Waals surface area contributed by atoms with Gasteiger partial charge >= 0.3 is 0 Å². The Kier molecular flexibility index (Phi) is 5.80. The van der Waals surface area contributed by atoms with Crippen molar-refractivity contribution in [3.8, 4) is 0 Å². The molecule has 0 unspecified atom stereocenters. The second-order valence-corrected chi connectivity index (χ2v) is 4.91. The van der Waals surface area contributed by atoms with Gasteiger partial charge in [-0.3, -0.25) is 14.9 Å². The number of hydrogen-bond acceptors (Lipinski definition) is 5. The number of nitro groups is 1. The summed E-state index contributed by atoms with van der Waals surface area (Å²) < 4.78 is 13.0. The highest BCUT2D eigenvalue weighted by Gasteiger charge is 2.10. The molecule has 0 saturated heterocycles. The molecule has 2 rings (SSSR count). The van der Waals surface area contributed by atoms with E-state index in [-0.39, 0.29) is 16.3 Å². The predicted octanol–water partition coefficient (Wildman–Crippen LogP) is 3.38. The Morgan fingerprint density at radius 3 is 2.83 bits per heavy atom. The molecule has 0 bridgehead atoms. The van der Waals surface area contributed by atoms with Gasteiger partial charge in [0, 0.05) is 11.8 Å². The van der Waals surface area contributed by atoms with Gasteiger partial charge in [-0.05, 0) is 24.3 Å². The summed E-state index contributed by atoms with van der Waals surface area (Å²) in [4.78, 5) is 26.7. The normalized spacial score (nSPS) is 10.6. The average Bonchev–Trinajstić information content (AvgIpc) is 2.55. The number of hydrogen-bond donors (Lipinski definition) is 1. The van der Waals surface area contributed by atoms with Crippen LogP contribution < -0.4 is 5.32 Å². The van der Waals surface area contributed by atoms with E-state index in [2.05, 4.69) is 10.5 Å². The smallest absolute Gasteiger partial charge is 0.278 e. The third kappa shape index (κ3) is 4.75. The molecule has 0 atom stereocenters. The van der Waals surface area contributed by atoms with Gasteiger partial charge in [-0.1, -0.05) is 28.9 Å². The maximum atomic E-state index is 13.0. The lowest BCUT2D eigenvalue weighted by Gasteiger charge is -2.05. The van der Waals surface area contributed by atoms with Crippen LogP contribution in [0.15, 0.2) is 47.6 Å². The van der Waals surface area contributed by atoms with E-state index in [0.717, 1.165) is 12.3 Å². The van der Waals surface area contributed by atoms with Crippen molar-refractivity contribution in [3.63, 3.8) is 0 Å². The Morgan fingerprint density at radius 1 is 1.38 bits per heavy atom. The Hall–Kier alpha value is -3.00. The number of carbonyl (C=O) groups excluding carboxylic acids is 1. The van der Waals surface area contributed by atoms with Gasteiger partial charge in [0.25, 0.3) is 11.6 Å². The molecular weight excluding hydrogens is 341 g/mol. The van der Waals surface area contributed by atoms with E-state index in [4.69, 9.17) is 16.4 Å². The van der Waals surface area contributed by atoms with Crippen LogP contribution in [0.1, 0.15) is 5.56 Å². The molecule has 2 aromatic carbocycles. The van der Waals surface area contributed by atoms with Crippen molar-refractivity contribution in [2.45, 2.75) is 0 Å². The van der Waals surface area contributed by atoms with Crippen molar-refractivity contribution in [1.82, 2.24) is 0 Å². The van der Waals surface area contributed by atoms with Crippen LogP contribution in [0.3, 0.4) is 0 Å². The van der Waals surface area contributed by atoms with Crippen LogP contribution in [0, 0.1) is 15.9 Å². The first-order valence-electron chi connectivity index (χ1n) is 6.61. The highest BCUT2D eigenvalue weighted by molar-refractivity contribution is 6.31. The molecule has 0 aliphatic rings. The van der Waals surface area contributed by atoms with Crippen LogP contribution in [-0.2, 0) is 9.63 Å². The van der Waals surface area contributed by atoms with Crippen LogP contribution >= 0.6 is 11.6 Å². The zero-order valence-corrected chi connectivity index (χ0v) is 12.9. The molecule has 124 valence electrons. The number of para-hydroxylation sites is 1. The second kappa shape index (κ2) is 8.02. The second-order valence-electron chi connectivity index (χ2n) is 4.50. The highest BCUT2D eigenvalue weighted by Crippen LogP contribution is 2.19. The molecule has 0 aliphatic carbocycles. The molecule has 0 aromatic heterocycles. The number of halogens is 2. The summed E-state index contributed by atoms with van der Waals surface area (Å²) in [7, 11) is 0. The Bertz CT molecular complexity index is 798. The first-order chi connectivity index (χ1) is 11.5. The first kappa shape index (κ1) is 17.4. The van der Waals surface area contributed by atoms with Gasteiger partial charge in [0.2, 0.25) is 0 Å². The molecule has 0 saturated carbocycles. The van der Waals surface area contributed by atoms with Crippen molar-refractivity contribution in [1.29, 1.82) is 0 Å². The fourth-order valence-electron chi connectivity index (χ4n) is 1.72. The summed E-state index contributed by atoms with van der Waals surface area (Å²) in [5.74, 6) is -1.14. The molecule has 1 amide bonds. The third-order valence-electron chi connectivity index (χ3n) is 2.80. The third-order valence-corrected chi connectivity index (χ3v) is 3.09. The molecule has 0 heterocycles. The number of nitrogens with one attached hydrogen (secondary N) is 1. The summed E-state index contributed by atoms with van der Waals surface area (Å²) in [5, 5.41) is 16.7. The lowest BCUT2D eigenvalue weighted by atomic mass is 10.2. The number of oxime groups is 1. The minimum absolute atomic E-state index is 0.122. The van der Waals surface area contributed by atoms with E-state index < -0.39 is 23.3 Å². The molecule has 0 spiro atoms.